The molecule has 0 aliphatic heterocycles. The highest BCUT2D eigenvalue weighted by atomic mass is 16.6. The summed E-state index contributed by atoms with van der Waals surface area (Å²) in [5.74, 6) is -7.21. The fourth-order valence-electron chi connectivity index (χ4n) is 9.66. The predicted octanol–water partition coefficient (Wildman–Crippen LogP) is 3.12. The number of benzene rings is 1. The Morgan fingerprint density at radius 3 is 2.00 bits per heavy atom. The number of esters is 5. The third-order valence-corrected chi connectivity index (χ3v) is 11.1. The van der Waals surface area contributed by atoms with E-state index in [9.17, 15) is 33.9 Å². The molecular weight excluding hydrogens is 640 g/mol. The van der Waals surface area contributed by atoms with Crippen LogP contribution < -0.4 is 4.74 Å². The van der Waals surface area contributed by atoms with E-state index in [1.54, 1.807) is 51.1 Å². The summed E-state index contributed by atoms with van der Waals surface area (Å²) in [6.07, 6.45) is -5.61. The Morgan fingerprint density at radius 1 is 0.816 bits per heavy atom. The first-order valence-corrected chi connectivity index (χ1v) is 16.6. The standard InChI is InChI=1S/C36H46O13/c1-18-14-35(43)27(28(18)47-23-12-10-9-11-13-23)30(48-26(41)17-44-19(2)37)36(49-22(5)40)15-24-25(16-33(6,7)29(24)42)34(8,31(35)45-20(3)38)32(36)46-21(4)39/h9-13,18,24-25,27-28,30-32,43H,14-17H2,1-8H3/t18-,24+,25-,27+,28-,30+,31?,32?,34+,35+,36+/m0/s1. The average Bonchev–Trinajstić information content (AvgIpc) is 3.37. The van der Waals surface area contributed by atoms with Gasteiger partial charge in [0.15, 0.2) is 24.4 Å². The Bertz CT molecular complexity index is 1520. The first-order chi connectivity index (χ1) is 22.8. The van der Waals surface area contributed by atoms with E-state index in [2.05, 4.69) is 0 Å². The van der Waals surface area contributed by atoms with Crippen molar-refractivity contribution >= 4 is 35.6 Å². The molecule has 0 radical (unpaired) electrons. The van der Waals surface area contributed by atoms with Gasteiger partial charge in [0, 0.05) is 45.4 Å². The van der Waals surface area contributed by atoms with Crippen LogP contribution in [-0.2, 0) is 52.5 Å². The number of fused-ring (bicyclic) bond motifs is 5. The molecule has 13 nitrogen and oxygen atoms in total. The van der Waals surface area contributed by atoms with Crippen LogP contribution in [0.15, 0.2) is 30.3 Å². The topological polar surface area (TPSA) is 178 Å². The average molecular weight is 687 g/mol. The van der Waals surface area contributed by atoms with Gasteiger partial charge in [-0.1, -0.05) is 45.9 Å². The van der Waals surface area contributed by atoms with Crippen molar-refractivity contribution in [2.75, 3.05) is 6.61 Å². The van der Waals surface area contributed by atoms with Gasteiger partial charge in [0.05, 0.1) is 11.3 Å². The van der Waals surface area contributed by atoms with Gasteiger partial charge in [-0.25, -0.2) is 4.79 Å². The van der Waals surface area contributed by atoms with Crippen molar-refractivity contribution in [2.24, 2.45) is 34.5 Å². The monoisotopic (exact) mass is 686 g/mol. The van der Waals surface area contributed by atoms with Gasteiger partial charge in [-0.05, 0) is 36.8 Å². The predicted molar refractivity (Wildman–Crippen MR) is 168 cm³/mol. The molecule has 0 saturated heterocycles. The maximum atomic E-state index is 14.2. The number of ether oxygens (including phenoxy) is 6. The van der Waals surface area contributed by atoms with E-state index in [-0.39, 0.29) is 25.0 Å². The molecule has 1 N–H and O–H groups in total. The highest BCUT2D eigenvalue weighted by Crippen LogP contribution is 2.69. The van der Waals surface area contributed by atoms with E-state index in [1.807, 2.05) is 6.92 Å². The van der Waals surface area contributed by atoms with Crippen LogP contribution >= 0.6 is 0 Å². The van der Waals surface area contributed by atoms with Crippen LogP contribution in [0.5, 0.6) is 5.75 Å². The van der Waals surface area contributed by atoms with E-state index in [0.29, 0.717) is 5.75 Å². The van der Waals surface area contributed by atoms with Crippen LogP contribution in [0.3, 0.4) is 0 Å². The summed E-state index contributed by atoms with van der Waals surface area (Å²) in [5, 5.41) is 13.2. The van der Waals surface area contributed by atoms with Crippen LogP contribution in [0.2, 0.25) is 0 Å². The maximum absolute atomic E-state index is 14.2. The lowest BCUT2D eigenvalue weighted by Crippen LogP contribution is -2.70. The molecule has 5 rings (SSSR count). The lowest BCUT2D eigenvalue weighted by Gasteiger charge is -2.58. The minimum absolute atomic E-state index is 0.0433. The molecule has 2 bridgehead atoms. The van der Waals surface area contributed by atoms with Gasteiger partial charge in [-0.15, -0.1) is 0 Å². The van der Waals surface area contributed by atoms with Gasteiger partial charge in [0.1, 0.15) is 29.3 Å². The van der Waals surface area contributed by atoms with Crippen molar-refractivity contribution in [3.63, 3.8) is 0 Å². The minimum atomic E-state index is -2.11. The molecule has 0 aromatic heterocycles. The number of hydrogen-bond acceptors (Lipinski definition) is 13. The number of ketones is 1. The molecule has 13 heteroatoms. The highest BCUT2D eigenvalue weighted by Gasteiger charge is 2.82. The van der Waals surface area contributed by atoms with Crippen molar-refractivity contribution < 1.29 is 62.3 Å². The summed E-state index contributed by atoms with van der Waals surface area (Å²) < 4.78 is 36.2. The number of carbonyl (C=O) groups is 6. The zero-order valence-corrected chi connectivity index (χ0v) is 29.2. The molecule has 4 fully saturated rings. The molecule has 4 saturated carbocycles. The molecule has 11 atom stereocenters. The highest BCUT2D eigenvalue weighted by molar-refractivity contribution is 5.89. The molecular formula is C36H46O13. The second-order valence-corrected chi connectivity index (χ2v) is 15.0. The third-order valence-electron chi connectivity index (χ3n) is 11.1. The van der Waals surface area contributed by atoms with Gasteiger partial charge in [0.2, 0.25) is 0 Å². The fourth-order valence-corrected chi connectivity index (χ4v) is 9.66. The second-order valence-electron chi connectivity index (χ2n) is 15.0. The van der Waals surface area contributed by atoms with E-state index < -0.39 is 107 Å². The zero-order valence-electron chi connectivity index (χ0n) is 29.2. The van der Waals surface area contributed by atoms with Crippen molar-refractivity contribution in [1.29, 1.82) is 0 Å². The lowest BCUT2D eigenvalue weighted by atomic mass is 9.53. The Morgan fingerprint density at radius 2 is 1.43 bits per heavy atom. The molecule has 0 spiro atoms. The largest absolute Gasteiger partial charge is 0.490 e. The summed E-state index contributed by atoms with van der Waals surface area (Å²) in [6.45, 7) is 10.8. The van der Waals surface area contributed by atoms with Crippen LogP contribution in [-0.4, -0.2) is 83.0 Å². The molecule has 4 aliphatic carbocycles. The number of rotatable bonds is 8. The molecule has 1 aromatic carbocycles. The van der Waals surface area contributed by atoms with Crippen LogP contribution in [0.1, 0.15) is 74.7 Å². The number of carbonyl (C=O) groups excluding carboxylic acids is 6. The Kier molecular flexibility index (Phi) is 9.41. The Balaban J connectivity index is 1.87. The molecule has 2 unspecified atom stereocenters. The van der Waals surface area contributed by atoms with Gasteiger partial charge >= 0.3 is 29.8 Å². The summed E-state index contributed by atoms with van der Waals surface area (Å²) in [6, 6.07) is 8.73. The number of para-hydroxylation sites is 1. The van der Waals surface area contributed by atoms with E-state index >= 15 is 0 Å². The second kappa shape index (κ2) is 12.7. The molecule has 49 heavy (non-hydrogen) atoms. The molecule has 0 amide bonds. The first kappa shape index (κ1) is 36.3. The van der Waals surface area contributed by atoms with Gasteiger partial charge in [0.25, 0.3) is 0 Å². The third kappa shape index (κ3) is 6.08. The zero-order chi connectivity index (χ0) is 36.3. The fraction of sp³-hybridized carbons (Fsp3) is 0.667. The molecule has 1 aromatic rings. The summed E-state index contributed by atoms with van der Waals surface area (Å²) in [4.78, 5) is 78.8. The molecule has 4 aliphatic rings. The van der Waals surface area contributed by atoms with Crippen molar-refractivity contribution in [2.45, 2.75) is 110 Å². The quantitative estimate of drug-likeness (QED) is 0.312. The number of Topliss-reactive ketones (excluding diaryl/α,β-unsaturated/α-hetero) is 1. The smallest absolute Gasteiger partial charge is 0.344 e. The molecule has 0 heterocycles. The molecule has 268 valence electrons. The summed E-state index contributed by atoms with van der Waals surface area (Å²) >= 11 is 0. The SMILES string of the molecule is CC(=O)OCC(=O)O[C@@H]1[C@H]2[C@@H](Oc3ccccc3)[C@@H](C)C[C@]2(O)C(OC(C)=O)[C@]2(C)C(OC(C)=O)[C@@]1(OC(C)=O)C[C@H]1C(=O)C(C)(C)C[C@@H]12. The Hall–Kier alpha value is -4.00. The van der Waals surface area contributed by atoms with Crippen molar-refractivity contribution in [3.05, 3.63) is 30.3 Å². The van der Waals surface area contributed by atoms with Gasteiger partial charge < -0.3 is 33.5 Å². The normalized spacial score (nSPS) is 38.6. The van der Waals surface area contributed by atoms with E-state index in [1.165, 1.54) is 6.92 Å². The minimum Gasteiger partial charge on any atom is -0.490 e. The maximum Gasteiger partial charge on any atom is 0.344 e. The summed E-state index contributed by atoms with van der Waals surface area (Å²) in [5.41, 5.74) is -6.64. The van der Waals surface area contributed by atoms with Crippen molar-refractivity contribution in [3.8, 4) is 5.75 Å². The first-order valence-electron chi connectivity index (χ1n) is 16.6. The van der Waals surface area contributed by atoms with Crippen molar-refractivity contribution in [1.82, 2.24) is 0 Å². The van der Waals surface area contributed by atoms with Crippen LogP contribution in [0, 0.1) is 34.5 Å². The van der Waals surface area contributed by atoms with E-state index in [4.69, 9.17) is 28.4 Å². The van der Waals surface area contributed by atoms with Gasteiger partial charge in [-0.2, -0.15) is 0 Å². The van der Waals surface area contributed by atoms with Gasteiger partial charge in [-0.3, -0.25) is 24.0 Å². The number of aliphatic hydroxyl groups is 1. The number of hydrogen-bond donors (Lipinski definition) is 1. The van der Waals surface area contributed by atoms with Crippen LogP contribution in [0.4, 0.5) is 0 Å². The van der Waals surface area contributed by atoms with Crippen LogP contribution in [0.25, 0.3) is 0 Å². The summed E-state index contributed by atoms with van der Waals surface area (Å²) in [7, 11) is 0. The Labute approximate surface area is 285 Å². The van der Waals surface area contributed by atoms with E-state index in [0.717, 1.165) is 20.8 Å². The lowest BCUT2D eigenvalue weighted by molar-refractivity contribution is -0.269.